The molecule has 2 rings (SSSR count). The molecule has 8 nitrogen and oxygen atoms in total. The molecule has 5 N–H and O–H groups in total. The lowest BCUT2D eigenvalue weighted by Gasteiger charge is -2.07. The summed E-state index contributed by atoms with van der Waals surface area (Å²) in [5.74, 6) is 0. The number of hydrogen-bond acceptors (Lipinski definition) is 5. The Morgan fingerprint density at radius 1 is 1.29 bits per heavy atom. The van der Waals surface area contributed by atoms with Crippen LogP contribution < -0.4 is 10.5 Å². The fourth-order valence-electron chi connectivity index (χ4n) is 2.15. The fourth-order valence-corrected chi connectivity index (χ4v) is 3.59. The maximum absolute atomic E-state index is 12.3. The Kier molecular flexibility index (Phi) is 4.76. The second-order valence-corrected chi connectivity index (χ2v) is 6.55. The molecule has 0 unspecified atom stereocenters. The van der Waals surface area contributed by atoms with Crippen LogP contribution in [0.4, 0.5) is 0 Å². The summed E-state index contributed by atoms with van der Waals surface area (Å²) in [5, 5.41) is 13.3. The first kappa shape index (κ1) is 15.7. The zero-order chi connectivity index (χ0) is 15.5. The van der Waals surface area contributed by atoms with Crippen LogP contribution in [0.25, 0.3) is 0 Å². The van der Waals surface area contributed by atoms with Crippen molar-refractivity contribution in [3.8, 4) is 0 Å². The van der Waals surface area contributed by atoms with Gasteiger partial charge < -0.3 is 5.73 Å². The van der Waals surface area contributed by atoms with Crippen molar-refractivity contribution in [1.29, 1.82) is 0 Å². The Labute approximate surface area is 123 Å². The Bertz CT molecular complexity index is 703. The molecule has 116 valence electrons. The van der Waals surface area contributed by atoms with Crippen molar-refractivity contribution in [2.24, 2.45) is 5.73 Å². The Morgan fingerprint density at radius 2 is 2.05 bits per heavy atom. The van der Waals surface area contributed by atoms with E-state index >= 15 is 0 Å². The number of nitrogens with two attached hydrogens (primary N) is 1. The minimum Gasteiger partial charge on any atom is -0.325 e. The van der Waals surface area contributed by atoms with Gasteiger partial charge in [0.15, 0.2) is 0 Å². The van der Waals surface area contributed by atoms with Crippen LogP contribution in [-0.4, -0.2) is 35.4 Å². The van der Waals surface area contributed by atoms with Crippen molar-refractivity contribution in [3.05, 3.63) is 28.8 Å². The molecule has 0 bridgehead atoms. The van der Waals surface area contributed by atoms with Crippen LogP contribution in [0, 0.1) is 13.8 Å². The topological polar surface area (TPSA) is 130 Å². The van der Waals surface area contributed by atoms with E-state index < -0.39 is 10.0 Å². The van der Waals surface area contributed by atoms with Gasteiger partial charge in [-0.25, -0.2) is 13.1 Å². The molecule has 0 fully saturated rings. The lowest BCUT2D eigenvalue weighted by atomic mass is 10.1. The van der Waals surface area contributed by atoms with Gasteiger partial charge in [-0.2, -0.15) is 10.2 Å². The summed E-state index contributed by atoms with van der Waals surface area (Å²) in [6, 6.07) is 0. The number of H-pyrrole nitrogens is 2. The molecule has 21 heavy (non-hydrogen) atoms. The van der Waals surface area contributed by atoms with Gasteiger partial charge in [-0.3, -0.25) is 10.2 Å². The predicted octanol–water partition coefficient (Wildman–Crippen LogP) is 0.119. The van der Waals surface area contributed by atoms with Gasteiger partial charge in [-0.15, -0.1) is 0 Å². The van der Waals surface area contributed by atoms with Gasteiger partial charge in [-0.1, -0.05) is 0 Å². The lowest BCUT2D eigenvalue weighted by molar-refractivity contribution is 0.577. The number of aromatic nitrogens is 4. The highest BCUT2D eigenvalue weighted by Gasteiger charge is 2.22. The molecule has 0 radical (unpaired) electrons. The SMILES string of the molecule is Cc1[nH]ncc1CCCNS(=O)(=O)c1c(CN)n[nH]c1C. The van der Waals surface area contributed by atoms with E-state index in [1.807, 2.05) is 6.92 Å². The molecule has 0 amide bonds. The average Bonchev–Trinajstić information content (AvgIpc) is 3.01. The molecule has 0 aliphatic heterocycles. The third kappa shape index (κ3) is 3.49. The minimum atomic E-state index is -3.59. The number of hydrogen-bond donors (Lipinski definition) is 4. The van der Waals surface area contributed by atoms with Crippen molar-refractivity contribution in [3.63, 3.8) is 0 Å². The molecule has 2 heterocycles. The Hall–Kier alpha value is -1.71. The third-order valence-corrected chi connectivity index (χ3v) is 4.94. The van der Waals surface area contributed by atoms with E-state index in [1.165, 1.54) is 0 Å². The van der Waals surface area contributed by atoms with E-state index in [1.54, 1.807) is 13.1 Å². The van der Waals surface area contributed by atoms with E-state index in [4.69, 9.17) is 5.73 Å². The van der Waals surface area contributed by atoms with Crippen molar-refractivity contribution < 1.29 is 8.42 Å². The maximum atomic E-state index is 12.3. The number of rotatable bonds is 7. The highest BCUT2D eigenvalue weighted by Crippen LogP contribution is 2.16. The monoisotopic (exact) mass is 312 g/mol. The molecule has 9 heteroatoms. The number of sulfonamides is 1. The molecule has 0 aliphatic rings. The molecule has 0 aromatic carbocycles. The first-order valence-corrected chi connectivity index (χ1v) is 8.16. The van der Waals surface area contributed by atoms with Crippen LogP contribution in [0.3, 0.4) is 0 Å². The molecule has 0 saturated heterocycles. The second-order valence-electron chi connectivity index (χ2n) is 4.85. The van der Waals surface area contributed by atoms with Gasteiger partial charge in [-0.05, 0) is 32.3 Å². The quantitative estimate of drug-likeness (QED) is 0.540. The number of aryl methyl sites for hydroxylation is 3. The molecule has 2 aromatic rings. The van der Waals surface area contributed by atoms with E-state index in [-0.39, 0.29) is 11.4 Å². The summed E-state index contributed by atoms with van der Waals surface area (Å²) >= 11 is 0. The summed E-state index contributed by atoms with van der Waals surface area (Å²) in [5.41, 5.74) is 8.46. The van der Waals surface area contributed by atoms with Gasteiger partial charge in [0.2, 0.25) is 10.0 Å². The van der Waals surface area contributed by atoms with Crippen LogP contribution in [0.5, 0.6) is 0 Å². The normalized spacial score (nSPS) is 12.0. The predicted molar refractivity (Wildman–Crippen MR) is 78.1 cm³/mol. The minimum absolute atomic E-state index is 0.0782. The average molecular weight is 312 g/mol. The zero-order valence-electron chi connectivity index (χ0n) is 12.1. The van der Waals surface area contributed by atoms with Crippen LogP contribution in [0.2, 0.25) is 0 Å². The summed E-state index contributed by atoms with van der Waals surface area (Å²) in [6.45, 7) is 4.03. The van der Waals surface area contributed by atoms with E-state index in [0.717, 1.165) is 17.7 Å². The van der Waals surface area contributed by atoms with E-state index in [0.29, 0.717) is 24.4 Å². The van der Waals surface area contributed by atoms with Crippen molar-refractivity contribution >= 4 is 10.0 Å². The first-order chi connectivity index (χ1) is 9.95. The molecular formula is C12H20N6O2S. The maximum Gasteiger partial charge on any atom is 0.244 e. The molecule has 0 aliphatic carbocycles. The molecular weight excluding hydrogens is 292 g/mol. The summed E-state index contributed by atoms with van der Waals surface area (Å²) in [7, 11) is -3.59. The summed E-state index contributed by atoms with van der Waals surface area (Å²) in [4.78, 5) is 0.157. The van der Waals surface area contributed by atoms with Crippen molar-refractivity contribution in [2.45, 2.75) is 38.1 Å². The number of nitrogens with one attached hydrogen (secondary N) is 3. The molecule has 2 aromatic heterocycles. The molecule has 0 spiro atoms. The van der Waals surface area contributed by atoms with Crippen molar-refractivity contribution in [1.82, 2.24) is 25.1 Å². The van der Waals surface area contributed by atoms with E-state index in [2.05, 4.69) is 25.1 Å². The number of aromatic amines is 2. The summed E-state index contributed by atoms with van der Waals surface area (Å²) in [6.07, 6.45) is 3.21. The van der Waals surface area contributed by atoms with Gasteiger partial charge >= 0.3 is 0 Å². The molecule has 0 saturated carbocycles. The van der Waals surface area contributed by atoms with Gasteiger partial charge in [0.25, 0.3) is 0 Å². The zero-order valence-corrected chi connectivity index (χ0v) is 12.9. The lowest BCUT2D eigenvalue weighted by Crippen LogP contribution is -2.26. The fraction of sp³-hybridized carbons (Fsp3) is 0.500. The highest BCUT2D eigenvalue weighted by atomic mass is 32.2. The molecule has 0 atom stereocenters. The largest absolute Gasteiger partial charge is 0.325 e. The van der Waals surface area contributed by atoms with Gasteiger partial charge in [0.1, 0.15) is 4.90 Å². The van der Waals surface area contributed by atoms with Crippen LogP contribution in [0.1, 0.15) is 29.1 Å². The Morgan fingerprint density at radius 3 is 2.67 bits per heavy atom. The van der Waals surface area contributed by atoms with Crippen molar-refractivity contribution in [2.75, 3.05) is 6.54 Å². The second kappa shape index (κ2) is 6.37. The standard InChI is InChI=1S/C12H20N6O2S/c1-8-10(7-14-16-8)4-3-5-15-21(19,20)12-9(2)17-18-11(12)6-13/h7,15H,3-6,13H2,1-2H3,(H,14,16)(H,17,18). The van der Waals surface area contributed by atoms with Gasteiger partial charge in [0.05, 0.1) is 17.6 Å². The Balaban J connectivity index is 1.96. The van der Waals surface area contributed by atoms with Gasteiger partial charge in [0, 0.05) is 18.8 Å². The third-order valence-electron chi connectivity index (χ3n) is 3.27. The number of nitrogens with zero attached hydrogens (tertiary/aromatic N) is 2. The smallest absolute Gasteiger partial charge is 0.244 e. The summed E-state index contributed by atoms with van der Waals surface area (Å²) < 4.78 is 27.1. The van der Waals surface area contributed by atoms with Crippen LogP contribution in [-0.2, 0) is 23.0 Å². The van der Waals surface area contributed by atoms with Crippen LogP contribution in [0.15, 0.2) is 11.1 Å². The van der Waals surface area contributed by atoms with Crippen LogP contribution >= 0.6 is 0 Å². The first-order valence-electron chi connectivity index (χ1n) is 6.68. The highest BCUT2D eigenvalue weighted by molar-refractivity contribution is 7.89. The van der Waals surface area contributed by atoms with E-state index in [9.17, 15) is 8.42 Å².